The van der Waals surface area contributed by atoms with Crippen LogP contribution in [-0.2, 0) is 4.79 Å². The van der Waals surface area contributed by atoms with Gasteiger partial charge in [-0.25, -0.2) is 4.98 Å². The standard InChI is InChI=1S/C31H51N3O2S/c1-3-5-7-9-11-13-15-19-23-32-29(35)25-26(30-34-27-21-17-18-22-28(27)36-30)31(37)33-24-20-16-14-12-10-8-6-4-2/h17-18,21-22,26H,3-16,19-20,23-25H2,1-2H3,(H,32,35)(H,33,37). The van der Waals surface area contributed by atoms with Crippen molar-refractivity contribution in [2.45, 2.75) is 129 Å². The number of fused-ring (bicyclic) bond motifs is 1. The number of hydrogen-bond acceptors (Lipinski definition) is 4. The zero-order chi connectivity index (χ0) is 26.6. The highest BCUT2D eigenvalue weighted by Crippen LogP contribution is 2.25. The van der Waals surface area contributed by atoms with Crippen molar-refractivity contribution in [2.24, 2.45) is 0 Å². The molecule has 0 saturated heterocycles. The first kappa shape index (κ1) is 31.3. The number of nitrogens with one attached hydrogen (secondary N) is 2. The van der Waals surface area contributed by atoms with Crippen LogP contribution in [0, 0.1) is 0 Å². The van der Waals surface area contributed by atoms with Gasteiger partial charge in [0.2, 0.25) is 11.8 Å². The van der Waals surface area contributed by atoms with E-state index < -0.39 is 0 Å². The number of carbonyl (C=O) groups is 1. The van der Waals surface area contributed by atoms with E-state index in [0.717, 1.165) is 30.5 Å². The van der Waals surface area contributed by atoms with Gasteiger partial charge in [0, 0.05) is 19.5 Å². The van der Waals surface area contributed by atoms with Crippen molar-refractivity contribution in [3.8, 4) is 0 Å². The van der Waals surface area contributed by atoms with Crippen molar-refractivity contribution in [1.29, 1.82) is 0 Å². The van der Waals surface area contributed by atoms with Crippen LogP contribution in [0.5, 0.6) is 0 Å². The van der Waals surface area contributed by atoms with Gasteiger partial charge in [-0.05, 0) is 25.0 Å². The van der Waals surface area contributed by atoms with Crippen molar-refractivity contribution < 1.29 is 9.21 Å². The van der Waals surface area contributed by atoms with E-state index in [4.69, 9.17) is 16.6 Å². The Balaban J connectivity index is 1.77. The van der Waals surface area contributed by atoms with Gasteiger partial charge < -0.3 is 15.1 Å². The van der Waals surface area contributed by atoms with Crippen molar-refractivity contribution in [3.05, 3.63) is 30.2 Å². The second-order valence-corrected chi connectivity index (χ2v) is 10.8. The Labute approximate surface area is 231 Å². The molecule has 0 aliphatic rings. The number of hydrogen-bond donors (Lipinski definition) is 2. The average Bonchev–Trinajstić information content (AvgIpc) is 3.33. The number of thiocarbonyl (C=S) groups is 1. The maximum absolute atomic E-state index is 12.8. The lowest BCUT2D eigenvalue weighted by Crippen LogP contribution is -2.33. The molecule has 2 rings (SSSR count). The Morgan fingerprint density at radius 2 is 1.30 bits per heavy atom. The largest absolute Gasteiger partial charge is 0.440 e. The quantitative estimate of drug-likeness (QED) is 0.118. The zero-order valence-corrected chi connectivity index (χ0v) is 24.3. The molecule has 37 heavy (non-hydrogen) atoms. The Morgan fingerprint density at radius 1 is 0.784 bits per heavy atom. The van der Waals surface area contributed by atoms with Crippen LogP contribution in [0.25, 0.3) is 11.1 Å². The van der Waals surface area contributed by atoms with Crippen molar-refractivity contribution in [3.63, 3.8) is 0 Å². The molecule has 1 unspecified atom stereocenters. The van der Waals surface area contributed by atoms with Gasteiger partial charge in [0.05, 0.1) is 10.9 Å². The Kier molecular flexibility index (Phi) is 17.0. The predicted molar refractivity (Wildman–Crippen MR) is 160 cm³/mol. The number of oxazole rings is 1. The number of nitrogens with zero attached hydrogens (tertiary/aromatic N) is 1. The molecule has 0 saturated carbocycles. The molecule has 0 spiro atoms. The van der Waals surface area contributed by atoms with Gasteiger partial charge in [0.15, 0.2) is 5.58 Å². The Bertz CT molecular complexity index is 849. The lowest BCUT2D eigenvalue weighted by atomic mass is 10.0. The highest BCUT2D eigenvalue weighted by molar-refractivity contribution is 7.80. The van der Waals surface area contributed by atoms with Gasteiger partial charge in [-0.15, -0.1) is 0 Å². The molecular formula is C31H51N3O2S. The van der Waals surface area contributed by atoms with Gasteiger partial charge in [-0.1, -0.05) is 128 Å². The molecule has 1 aromatic heterocycles. The Hall–Kier alpha value is -1.95. The third-order valence-corrected chi connectivity index (χ3v) is 7.43. The molecule has 1 atom stereocenters. The van der Waals surface area contributed by atoms with Crippen molar-refractivity contribution >= 4 is 34.2 Å². The molecule has 0 aliphatic carbocycles. The monoisotopic (exact) mass is 529 g/mol. The van der Waals surface area contributed by atoms with Crippen molar-refractivity contribution in [2.75, 3.05) is 13.1 Å². The number of carbonyl (C=O) groups excluding carboxylic acids is 1. The summed E-state index contributed by atoms with van der Waals surface area (Å²) in [6.45, 7) is 6.04. The SMILES string of the molecule is CCCCCCCCCCNC(=O)CC(C(=S)NCCCCCCCCCC)c1nc2ccccc2o1. The molecule has 0 bridgehead atoms. The number of unbranched alkanes of at least 4 members (excludes halogenated alkanes) is 14. The molecule has 5 nitrogen and oxygen atoms in total. The number of amides is 1. The van der Waals surface area contributed by atoms with Crippen molar-refractivity contribution in [1.82, 2.24) is 15.6 Å². The Morgan fingerprint density at radius 3 is 1.86 bits per heavy atom. The van der Waals surface area contributed by atoms with E-state index >= 15 is 0 Å². The third kappa shape index (κ3) is 13.4. The van der Waals surface area contributed by atoms with Crippen LogP contribution < -0.4 is 10.6 Å². The molecule has 1 amide bonds. The van der Waals surface area contributed by atoms with E-state index in [2.05, 4.69) is 29.5 Å². The van der Waals surface area contributed by atoms with Crippen LogP contribution in [-0.4, -0.2) is 29.0 Å². The summed E-state index contributed by atoms with van der Waals surface area (Å²) in [5, 5.41) is 6.49. The highest BCUT2D eigenvalue weighted by Gasteiger charge is 2.25. The van der Waals surface area contributed by atoms with E-state index in [9.17, 15) is 4.79 Å². The van der Waals surface area contributed by atoms with E-state index in [1.54, 1.807) is 0 Å². The predicted octanol–water partition coefficient (Wildman–Crippen LogP) is 8.62. The molecule has 208 valence electrons. The molecule has 0 radical (unpaired) electrons. The van der Waals surface area contributed by atoms with Gasteiger partial charge in [-0.2, -0.15) is 0 Å². The smallest absolute Gasteiger partial charge is 0.221 e. The molecule has 6 heteroatoms. The van der Waals surface area contributed by atoms with Gasteiger partial charge in [-0.3, -0.25) is 4.79 Å². The minimum absolute atomic E-state index is 0.00595. The number of rotatable bonds is 22. The van der Waals surface area contributed by atoms with Gasteiger partial charge in [0.25, 0.3) is 0 Å². The summed E-state index contributed by atoms with van der Waals surface area (Å²) >= 11 is 5.75. The fourth-order valence-electron chi connectivity index (χ4n) is 4.67. The maximum Gasteiger partial charge on any atom is 0.221 e. The summed E-state index contributed by atoms with van der Waals surface area (Å²) in [7, 11) is 0. The summed E-state index contributed by atoms with van der Waals surface area (Å²) < 4.78 is 6.02. The van der Waals surface area contributed by atoms with E-state index in [-0.39, 0.29) is 18.2 Å². The number of benzene rings is 1. The van der Waals surface area contributed by atoms with Crippen LogP contribution in [0.2, 0.25) is 0 Å². The molecule has 1 heterocycles. The number of aromatic nitrogens is 1. The van der Waals surface area contributed by atoms with E-state index in [1.807, 2.05) is 24.3 Å². The fourth-order valence-corrected chi connectivity index (χ4v) is 4.96. The zero-order valence-electron chi connectivity index (χ0n) is 23.5. The first-order chi connectivity index (χ1) is 18.2. The summed E-state index contributed by atoms with van der Waals surface area (Å²) in [4.78, 5) is 18.1. The first-order valence-corrected chi connectivity index (χ1v) is 15.5. The summed E-state index contributed by atoms with van der Waals surface area (Å²) in [5.74, 6) is 0.179. The molecule has 0 fully saturated rings. The minimum atomic E-state index is -0.352. The van der Waals surface area contributed by atoms with Gasteiger partial charge in [0.1, 0.15) is 5.52 Å². The van der Waals surface area contributed by atoms with E-state index in [1.165, 1.54) is 89.9 Å². The molecular weight excluding hydrogens is 478 g/mol. The molecule has 2 N–H and O–H groups in total. The molecule has 0 aliphatic heterocycles. The van der Waals surface area contributed by atoms with Gasteiger partial charge >= 0.3 is 0 Å². The van der Waals surface area contributed by atoms with Crippen LogP contribution >= 0.6 is 12.2 Å². The number of para-hydroxylation sites is 2. The topological polar surface area (TPSA) is 67.2 Å². The average molecular weight is 530 g/mol. The maximum atomic E-state index is 12.8. The summed E-state index contributed by atoms with van der Waals surface area (Å²) in [5.41, 5.74) is 1.53. The summed E-state index contributed by atoms with van der Waals surface area (Å²) in [6.07, 6.45) is 20.5. The van der Waals surface area contributed by atoms with Crippen LogP contribution in [0.15, 0.2) is 28.7 Å². The third-order valence-electron chi connectivity index (χ3n) is 7.00. The van der Waals surface area contributed by atoms with Crippen LogP contribution in [0.3, 0.4) is 0 Å². The fraction of sp³-hybridized carbons (Fsp3) is 0.710. The minimum Gasteiger partial charge on any atom is -0.440 e. The molecule has 2 aromatic rings. The second kappa shape index (κ2) is 20.1. The first-order valence-electron chi connectivity index (χ1n) is 15.1. The van der Waals surface area contributed by atoms with E-state index in [0.29, 0.717) is 17.4 Å². The normalized spacial score (nSPS) is 12.1. The lowest BCUT2D eigenvalue weighted by molar-refractivity contribution is -0.121. The molecule has 1 aromatic carbocycles. The highest BCUT2D eigenvalue weighted by atomic mass is 32.1. The second-order valence-electron chi connectivity index (χ2n) is 10.4. The van der Waals surface area contributed by atoms with Crippen LogP contribution in [0.1, 0.15) is 135 Å². The van der Waals surface area contributed by atoms with Crippen LogP contribution in [0.4, 0.5) is 0 Å². The summed E-state index contributed by atoms with van der Waals surface area (Å²) in [6, 6.07) is 7.71. The lowest BCUT2D eigenvalue weighted by Gasteiger charge is -2.17.